The Morgan fingerprint density at radius 3 is 2.71 bits per heavy atom. The molecule has 0 bridgehead atoms. The van der Waals surface area contributed by atoms with E-state index in [1.165, 1.54) is 0 Å². The van der Waals surface area contributed by atoms with Crippen molar-refractivity contribution in [1.29, 1.82) is 0 Å². The number of nitrogens with zero attached hydrogens (tertiary/aromatic N) is 2. The molecule has 2 rings (SSSR count). The number of hydrogen-bond donors (Lipinski definition) is 0. The van der Waals surface area contributed by atoms with Gasteiger partial charge in [-0.2, -0.15) is 0 Å². The van der Waals surface area contributed by atoms with Crippen LogP contribution in [0.1, 0.15) is 5.56 Å². The zero-order valence-electron chi connectivity index (χ0n) is 8.98. The van der Waals surface area contributed by atoms with E-state index in [4.69, 9.17) is 11.6 Å². The Balaban J connectivity index is 2.35. The first-order valence-electron chi connectivity index (χ1n) is 5.18. The number of aromatic nitrogens is 1. The largest absolute Gasteiger partial charge is 0.360 e. The maximum absolute atomic E-state index is 12.5. The summed E-state index contributed by atoms with van der Waals surface area (Å²) in [6.45, 7) is 0.121. The van der Waals surface area contributed by atoms with Crippen LogP contribution in [0.5, 0.6) is 0 Å². The second kappa shape index (κ2) is 5.27. The number of rotatable bonds is 3. The Morgan fingerprint density at radius 2 is 2.06 bits per heavy atom. The molecule has 0 radical (unpaired) electrons. The van der Waals surface area contributed by atoms with Crippen LogP contribution >= 0.6 is 11.6 Å². The highest BCUT2D eigenvalue weighted by atomic mass is 35.5. The van der Waals surface area contributed by atoms with Crippen LogP contribution in [0.25, 0.3) is 5.70 Å². The summed E-state index contributed by atoms with van der Waals surface area (Å²) in [5, 5.41) is 0.475. The van der Waals surface area contributed by atoms with E-state index in [0.717, 1.165) is 5.56 Å². The molecule has 1 aromatic rings. The van der Waals surface area contributed by atoms with Crippen molar-refractivity contribution in [3.63, 3.8) is 0 Å². The molecular formula is C12H11ClF2N2. The van der Waals surface area contributed by atoms with Crippen LogP contribution in [0, 0.1) is 0 Å². The summed E-state index contributed by atoms with van der Waals surface area (Å²) in [6.07, 6.45) is 4.36. The van der Waals surface area contributed by atoms with E-state index in [1.807, 2.05) is 0 Å². The van der Waals surface area contributed by atoms with Gasteiger partial charge in [-0.15, -0.1) is 0 Å². The lowest BCUT2D eigenvalue weighted by molar-refractivity contribution is 0.116. The summed E-state index contributed by atoms with van der Waals surface area (Å²) in [5.41, 5.74) is 1.44. The van der Waals surface area contributed by atoms with Gasteiger partial charge in [0.15, 0.2) is 0 Å². The third-order valence-electron chi connectivity index (χ3n) is 2.44. The maximum Gasteiger partial charge on any atom is 0.255 e. The molecule has 0 aromatic carbocycles. The molecule has 90 valence electrons. The highest BCUT2D eigenvalue weighted by Crippen LogP contribution is 2.29. The van der Waals surface area contributed by atoms with Crippen molar-refractivity contribution in [2.45, 2.75) is 6.43 Å². The van der Waals surface area contributed by atoms with E-state index < -0.39 is 6.43 Å². The third kappa shape index (κ3) is 2.82. The Kier molecular flexibility index (Phi) is 3.74. The van der Waals surface area contributed by atoms with Crippen molar-refractivity contribution in [1.82, 2.24) is 9.88 Å². The van der Waals surface area contributed by atoms with Gasteiger partial charge < -0.3 is 4.90 Å². The molecule has 1 aromatic heterocycles. The Labute approximate surface area is 103 Å². The van der Waals surface area contributed by atoms with Crippen LogP contribution < -0.4 is 0 Å². The highest BCUT2D eigenvalue weighted by Gasteiger charge is 2.20. The normalized spacial score (nSPS) is 15.9. The molecule has 1 aliphatic heterocycles. The molecule has 0 atom stereocenters. The number of allylic oxidation sites excluding steroid dienone is 2. The molecule has 0 saturated carbocycles. The predicted octanol–water partition coefficient (Wildman–Crippen LogP) is 3.13. The average Bonchev–Trinajstić information content (AvgIpc) is 2.29. The average molecular weight is 257 g/mol. The van der Waals surface area contributed by atoms with Crippen molar-refractivity contribution >= 4 is 17.3 Å². The van der Waals surface area contributed by atoms with E-state index in [2.05, 4.69) is 4.98 Å². The molecule has 5 heteroatoms. The standard InChI is InChI=1S/C12H11ClF2N2/c13-10-2-1-7-17(8-11(14)15)12(10)9-3-5-16-6-4-9/h1-6,11H,7-8H2. The van der Waals surface area contributed by atoms with E-state index in [1.54, 1.807) is 41.6 Å². The minimum Gasteiger partial charge on any atom is -0.360 e. The summed E-state index contributed by atoms with van der Waals surface area (Å²) < 4.78 is 25.0. The lowest BCUT2D eigenvalue weighted by atomic mass is 10.1. The van der Waals surface area contributed by atoms with Crippen LogP contribution in [-0.2, 0) is 0 Å². The molecule has 17 heavy (non-hydrogen) atoms. The van der Waals surface area contributed by atoms with Gasteiger partial charge in [0.2, 0.25) is 0 Å². The maximum atomic E-state index is 12.5. The Morgan fingerprint density at radius 1 is 1.35 bits per heavy atom. The Bertz CT molecular complexity index is 443. The fourth-order valence-corrected chi connectivity index (χ4v) is 2.09. The summed E-state index contributed by atoms with van der Waals surface area (Å²) in [7, 11) is 0. The smallest absolute Gasteiger partial charge is 0.255 e. The van der Waals surface area contributed by atoms with E-state index >= 15 is 0 Å². The molecule has 2 heterocycles. The number of alkyl halides is 2. The highest BCUT2D eigenvalue weighted by molar-refractivity contribution is 6.34. The molecule has 0 saturated heterocycles. The van der Waals surface area contributed by atoms with Crippen LogP contribution in [0.3, 0.4) is 0 Å². The van der Waals surface area contributed by atoms with E-state index in [9.17, 15) is 8.78 Å². The van der Waals surface area contributed by atoms with Crippen molar-refractivity contribution in [3.05, 3.63) is 47.3 Å². The Hall–Kier alpha value is -1.42. The van der Waals surface area contributed by atoms with Crippen LogP contribution in [0.2, 0.25) is 0 Å². The van der Waals surface area contributed by atoms with Crippen molar-refractivity contribution in [2.24, 2.45) is 0 Å². The van der Waals surface area contributed by atoms with E-state index in [0.29, 0.717) is 17.3 Å². The van der Waals surface area contributed by atoms with Crippen LogP contribution in [0.4, 0.5) is 8.78 Å². The van der Waals surface area contributed by atoms with Gasteiger partial charge in [-0.3, -0.25) is 4.98 Å². The van der Waals surface area contributed by atoms with Gasteiger partial charge in [-0.25, -0.2) is 8.78 Å². The number of hydrogen-bond acceptors (Lipinski definition) is 2. The third-order valence-corrected chi connectivity index (χ3v) is 2.75. The summed E-state index contributed by atoms with van der Waals surface area (Å²) in [5.74, 6) is 0. The summed E-state index contributed by atoms with van der Waals surface area (Å²) >= 11 is 6.08. The van der Waals surface area contributed by atoms with E-state index in [-0.39, 0.29) is 6.54 Å². The van der Waals surface area contributed by atoms with Gasteiger partial charge in [0.25, 0.3) is 6.43 Å². The molecule has 0 N–H and O–H groups in total. The van der Waals surface area contributed by atoms with Crippen molar-refractivity contribution in [2.75, 3.05) is 13.1 Å². The van der Waals surface area contributed by atoms with Gasteiger partial charge in [-0.1, -0.05) is 17.7 Å². The zero-order valence-corrected chi connectivity index (χ0v) is 9.74. The molecule has 0 amide bonds. The fourth-order valence-electron chi connectivity index (χ4n) is 1.77. The summed E-state index contributed by atoms with van der Waals surface area (Å²) in [6, 6.07) is 3.52. The summed E-state index contributed by atoms with van der Waals surface area (Å²) in [4.78, 5) is 5.47. The zero-order chi connectivity index (χ0) is 12.3. The lowest BCUT2D eigenvalue weighted by Gasteiger charge is -2.29. The van der Waals surface area contributed by atoms with Gasteiger partial charge >= 0.3 is 0 Å². The first-order valence-corrected chi connectivity index (χ1v) is 5.56. The van der Waals surface area contributed by atoms with Crippen molar-refractivity contribution in [3.8, 4) is 0 Å². The topological polar surface area (TPSA) is 16.1 Å². The van der Waals surface area contributed by atoms with Gasteiger partial charge in [0.05, 0.1) is 17.3 Å². The first-order chi connectivity index (χ1) is 8.18. The SMILES string of the molecule is FC(F)CN1CC=CC(Cl)=C1c1ccncc1. The van der Waals surface area contributed by atoms with Crippen LogP contribution in [0.15, 0.2) is 41.7 Å². The lowest BCUT2D eigenvalue weighted by Crippen LogP contribution is -2.29. The molecule has 1 aliphatic rings. The molecule has 0 fully saturated rings. The molecule has 0 unspecified atom stereocenters. The second-order valence-corrected chi connectivity index (χ2v) is 4.04. The molecule has 0 spiro atoms. The molecular weight excluding hydrogens is 246 g/mol. The van der Waals surface area contributed by atoms with Gasteiger partial charge in [0, 0.05) is 24.5 Å². The van der Waals surface area contributed by atoms with Gasteiger partial charge in [-0.05, 0) is 18.2 Å². The quantitative estimate of drug-likeness (QED) is 0.826. The number of pyridine rings is 1. The molecule has 0 aliphatic carbocycles. The van der Waals surface area contributed by atoms with Crippen LogP contribution in [-0.4, -0.2) is 29.4 Å². The second-order valence-electron chi connectivity index (χ2n) is 3.63. The van der Waals surface area contributed by atoms with Gasteiger partial charge in [0.1, 0.15) is 0 Å². The fraction of sp³-hybridized carbons (Fsp3) is 0.250. The molecule has 2 nitrogen and oxygen atoms in total. The first kappa shape index (κ1) is 12.0. The predicted molar refractivity (Wildman–Crippen MR) is 63.7 cm³/mol. The monoisotopic (exact) mass is 256 g/mol. The van der Waals surface area contributed by atoms with Crippen molar-refractivity contribution < 1.29 is 8.78 Å². The minimum atomic E-state index is -2.39. The minimum absolute atomic E-state index is 0.321. The number of halogens is 3.